The lowest BCUT2D eigenvalue weighted by molar-refractivity contribution is -0.299. The molecule has 11 nitrogen and oxygen atoms in total. The quantitative estimate of drug-likeness (QED) is 0.0879. The van der Waals surface area contributed by atoms with Crippen molar-refractivity contribution >= 4 is 11.9 Å². The lowest BCUT2D eigenvalue weighted by Gasteiger charge is -2.39. The molecule has 1 aliphatic rings. The summed E-state index contributed by atoms with van der Waals surface area (Å²) in [5, 5.41) is 48.4. The molecule has 0 aromatic carbocycles. The van der Waals surface area contributed by atoms with E-state index in [4.69, 9.17) is 24.1 Å². The monoisotopic (exact) mass is 578 g/mol. The van der Waals surface area contributed by atoms with Crippen LogP contribution < -0.4 is 0 Å². The van der Waals surface area contributed by atoms with Gasteiger partial charge in [-0.2, -0.15) is 0 Å². The van der Waals surface area contributed by atoms with E-state index in [0.717, 1.165) is 11.1 Å². The van der Waals surface area contributed by atoms with Gasteiger partial charge in [-0.15, -0.1) is 0 Å². The van der Waals surface area contributed by atoms with Crippen molar-refractivity contribution in [1.29, 1.82) is 0 Å². The van der Waals surface area contributed by atoms with Crippen LogP contribution in [0.3, 0.4) is 0 Å². The van der Waals surface area contributed by atoms with Gasteiger partial charge in [0.1, 0.15) is 24.4 Å². The summed E-state index contributed by atoms with van der Waals surface area (Å²) in [5.74, 6) is -1.16. The van der Waals surface area contributed by atoms with Crippen LogP contribution in [-0.4, -0.2) is 94.3 Å². The Labute approximate surface area is 240 Å². The highest BCUT2D eigenvalue weighted by molar-refractivity contribution is 5.88. The first kappa shape index (κ1) is 35.9. The molecule has 0 amide bonds. The zero-order chi connectivity index (χ0) is 30.9. The van der Waals surface area contributed by atoms with E-state index >= 15 is 0 Å². The number of hydrogen-bond donors (Lipinski definition) is 5. The molecule has 1 rings (SSSR count). The number of ether oxygens (including phenoxy) is 4. The van der Waals surface area contributed by atoms with Gasteiger partial charge >= 0.3 is 11.9 Å². The number of hydrogen-bond acceptors (Lipinski definition) is 11. The number of aliphatic hydroxyl groups excluding tert-OH is 5. The lowest BCUT2D eigenvalue weighted by Crippen LogP contribution is -2.59. The normalized spacial score (nSPS) is 25.8. The molecule has 11 heteroatoms. The summed E-state index contributed by atoms with van der Waals surface area (Å²) < 4.78 is 20.3. The lowest BCUT2D eigenvalue weighted by atomic mass is 9.99. The predicted molar refractivity (Wildman–Crippen MR) is 151 cm³/mol. The molecule has 0 spiro atoms. The summed E-state index contributed by atoms with van der Waals surface area (Å²) >= 11 is 0. The first-order valence-corrected chi connectivity index (χ1v) is 13.1. The highest BCUT2D eigenvalue weighted by Crippen LogP contribution is 2.23. The fourth-order valence-electron chi connectivity index (χ4n) is 3.20. The van der Waals surface area contributed by atoms with Crippen molar-refractivity contribution in [2.45, 2.75) is 71.6 Å². The Morgan fingerprint density at radius 1 is 0.805 bits per heavy atom. The maximum atomic E-state index is 12.5. The first-order chi connectivity index (χ1) is 19.4. The highest BCUT2D eigenvalue weighted by atomic mass is 16.7. The average Bonchev–Trinajstić information content (AvgIpc) is 2.94. The molecule has 0 bridgehead atoms. The predicted octanol–water partition coefficient (Wildman–Crippen LogP) is 1.68. The number of allylic oxidation sites excluding steroid dienone is 12. The molecule has 41 heavy (non-hydrogen) atoms. The van der Waals surface area contributed by atoms with Crippen LogP contribution >= 0.6 is 0 Å². The third kappa shape index (κ3) is 13.4. The van der Waals surface area contributed by atoms with Gasteiger partial charge in [0.25, 0.3) is 0 Å². The van der Waals surface area contributed by atoms with Gasteiger partial charge in [0.15, 0.2) is 6.29 Å². The number of aliphatic hydroxyl groups is 5. The van der Waals surface area contributed by atoms with Crippen molar-refractivity contribution in [3.63, 3.8) is 0 Å². The molecular weight excluding hydrogens is 536 g/mol. The molecule has 228 valence electrons. The van der Waals surface area contributed by atoms with Gasteiger partial charge in [-0.1, -0.05) is 71.9 Å². The van der Waals surface area contributed by atoms with Gasteiger partial charge in [0.05, 0.1) is 19.8 Å². The van der Waals surface area contributed by atoms with Crippen LogP contribution in [-0.2, 0) is 28.5 Å². The molecule has 0 radical (unpaired) electrons. The summed E-state index contributed by atoms with van der Waals surface area (Å²) in [4.78, 5) is 24.0. The first-order valence-electron chi connectivity index (χ1n) is 13.1. The smallest absolute Gasteiger partial charge is 0.336 e. The van der Waals surface area contributed by atoms with E-state index in [9.17, 15) is 30.0 Å². The molecule has 1 aliphatic heterocycles. The van der Waals surface area contributed by atoms with Gasteiger partial charge in [0, 0.05) is 11.1 Å². The third-order valence-electron chi connectivity index (χ3n) is 5.66. The van der Waals surface area contributed by atoms with E-state index < -0.39 is 56.2 Å². The second-order valence-electron chi connectivity index (χ2n) is 9.23. The largest absolute Gasteiger partial charge is 0.463 e. The summed E-state index contributed by atoms with van der Waals surface area (Å²) in [7, 11) is 0. The standard InChI is InChI=1S/C30H42O11/c1-6-38-28(36)21(4)15-9-13-19(2)11-7-8-12-20(3)14-10-16-22(5)29(37)41-30-27(35)26(34)25(33)23(40-30)18-39-24(32)17-31/h7-16,23-27,30-35H,6,17-18H2,1-5H3/b8-7+,13-9+,14-10+,19-11+,20-12+,21-15+,22-16+/t23?,24-,25?,26?,27?,30?/m0/s1. The number of carbonyl (C=O) groups excluding carboxylic acids is 2. The van der Waals surface area contributed by atoms with E-state index in [2.05, 4.69) is 0 Å². The zero-order valence-corrected chi connectivity index (χ0v) is 24.0. The van der Waals surface area contributed by atoms with E-state index in [1.165, 1.54) is 13.0 Å². The Hall–Kier alpha value is -3.16. The minimum atomic E-state index is -1.72. The SMILES string of the molecule is CCOC(=O)/C(C)=C/C=C/C(C)=C/C=C/C=C(C)/C=C/C=C(\C)C(=O)OC1OC(CO[C@H](O)CO)C(O)C(O)C1O. The van der Waals surface area contributed by atoms with E-state index in [1.807, 2.05) is 44.2 Å². The van der Waals surface area contributed by atoms with Crippen LogP contribution in [0.15, 0.2) is 83.1 Å². The molecule has 0 aliphatic carbocycles. The zero-order valence-electron chi connectivity index (χ0n) is 24.0. The topological polar surface area (TPSA) is 172 Å². The molecule has 0 aromatic heterocycles. The van der Waals surface area contributed by atoms with Crippen molar-refractivity contribution in [3.05, 3.63) is 83.1 Å². The van der Waals surface area contributed by atoms with Crippen molar-refractivity contribution in [1.82, 2.24) is 0 Å². The number of esters is 2. The van der Waals surface area contributed by atoms with Crippen LogP contribution in [0, 0.1) is 0 Å². The molecule has 0 aromatic rings. The van der Waals surface area contributed by atoms with Gasteiger partial charge < -0.3 is 44.5 Å². The molecule has 1 fully saturated rings. The molecule has 5 unspecified atom stereocenters. The third-order valence-corrected chi connectivity index (χ3v) is 5.66. The Morgan fingerprint density at radius 3 is 1.85 bits per heavy atom. The van der Waals surface area contributed by atoms with E-state index in [1.54, 1.807) is 38.2 Å². The highest BCUT2D eigenvalue weighted by Gasteiger charge is 2.45. The van der Waals surface area contributed by atoms with E-state index in [0.29, 0.717) is 12.2 Å². The fraction of sp³-hybridized carbons (Fsp3) is 0.467. The summed E-state index contributed by atoms with van der Waals surface area (Å²) in [5.41, 5.74) is 2.57. The van der Waals surface area contributed by atoms with Crippen LogP contribution in [0.2, 0.25) is 0 Å². The molecular formula is C30H42O11. The Balaban J connectivity index is 2.67. The van der Waals surface area contributed by atoms with Crippen molar-refractivity contribution < 1.29 is 54.1 Å². The van der Waals surface area contributed by atoms with Crippen molar-refractivity contribution in [2.75, 3.05) is 19.8 Å². The summed E-state index contributed by atoms with van der Waals surface area (Å²) in [6.45, 7) is 7.95. The van der Waals surface area contributed by atoms with Gasteiger partial charge in [-0.3, -0.25) is 0 Å². The van der Waals surface area contributed by atoms with Crippen LogP contribution in [0.25, 0.3) is 0 Å². The van der Waals surface area contributed by atoms with Crippen LogP contribution in [0.4, 0.5) is 0 Å². The second-order valence-corrected chi connectivity index (χ2v) is 9.23. The van der Waals surface area contributed by atoms with Gasteiger partial charge in [-0.25, -0.2) is 9.59 Å². The Kier molecular flexibility index (Phi) is 16.7. The second kappa shape index (κ2) is 19.1. The molecule has 0 saturated carbocycles. The van der Waals surface area contributed by atoms with Gasteiger partial charge in [-0.05, 0) is 34.6 Å². The van der Waals surface area contributed by atoms with Crippen LogP contribution in [0.1, 0.15) is 34.6 Å². The maximum absolute atomic E-state index is 12.5. The van der Waals surface area contributed by atoms with Crippen LogP contribution in [0.5, 0.6) is 0 Å². The Bertz CT molecular complexity index is 1060. The van der Waals surface area contributed by atoms with Gasteiger partial charge in [0.2, 0.25) is 6.29 Å². The summed E-state index contributed by atoms with van der Waals surface area (Å²) in [6, 6.07) is 0. The molecule has 1 saturated heterocycles. The van der Waals surface area contributed by atoms with Crippen molar-refractivity contribution in [2.24, 2.45) is 0 Å². The average molecular weight is 579 g/mol. The maximum Gasteiger partial charge on any atom is 0.336 e. The van der Waals surface area contributed by atoms with E-state index in [-0.39, 0.29) is 11.5 Å². The van der Waals surface area contributed by atoms with Crippen molar-refractivity contribution in [3.8, 4) is 0 Å². The minimum Gasteiger partial charge on any atom is -0.463 e. The number of carbonyl (C=O) groups is 2. The summed E-state index contributed by atoms with van der Waals surface area (Å²) in [6.07, 6.45) is 8.39. The fourth-order valence-corrected chi connectivity index (χ4v) is 3.20. The number of rotatable bonds is 14. The minimum absolute atomic E-state index is 0.182. The Morgan fingerprint density at radius 2 is 1.34 bits per heavy atom. The molecule has 6 atom stereocenters. The molecule has 1 heterocycles. The molecule has 5 N–H and O–H groups in total.